The smallest absolute Gasteiger partial charge is 0.327 e. The third kappa shape index (κ3) is 2.23. The highest BCUT2D eigenvalue weighted by atomic mass is 16.5. The van der Waals surface area contributed by atoms with E-state index in [1.165, 1.54) is 0 Å². The maximum Gasteiger partial charge on any atom is 0.327 e. The van der Waals surface area contributed by atoms with E-state index in [0.29, 0.717) is 12.4 Å². The van der Waals surface area contributed by atoms with Gasteiger partial charge in [0.15, 0.2) is 0 Å². The molecular weight excluding hydrogens is 288 g/mol. The molecule has 0 amide bonds. The number of carbonyl (C=O) groups is 1. The van der Waals surface area contributed by atoms with E-state index in [2.05, 4.69) is 20.8 Å². The normalized spacial score (nSPS) is 20.1. The van der Waals surface area contributed by atoms with Crippen molar-refractivity contribution in [3.05, 3.63) is 59.7 Å². The molecule has 23 heavy (non-hydrogen) atoms. The third-order valence-corrected chi connectivity index (χ3v) is 4.52. The summed E-state index contributed by atoms with van der Waals surface area (Å²) < 4.78 is 11.1. The molecule has 0 saturated carbocycles. The molecule has 3 nitrogen and oxygen atoms in total. The van der Waals surface area contributed by atoms with Crippen molar-refractivity contribution >= 4 is 5.97 Å². The summed E-state index contributed by atoms with van der Waals surface area (Å²) in [5, 5.41) is 0. The van der Waals surface area contributed by atoms with Crippen LogP contribution >= 0.6 is 0 Å². The van der Waals surface area contributed by atoms with Crippen molar-refractivity contribution in [1.29, 1.82) is 0 Å². The Bertz CT molecular complexity index is 725. The molecule has 0 aromatic heterocycles. The number of benzene rings is 2. The Morgan fingerprint density at radius 2 is 1.70 bits per heavy atom. The summed E-state index contributed by atoms with van der Waals surface area (Å²) in [6.07, 6.45) is 0. The molecule has 0 bridgehead atoms. The Labute approximate surface area is 137 Å². The first-order valence-corrected chi connectivity index (χ1v) is 7.96. The van der Waals surface area contributed by atoms with Crippen molar-refractivity contribution in [3.63, 3.8) is 0 Å². The molecule has 1 unspecified atom stereocenters. The summed E-state index contributed by atoms with van der Waals surface area (Å²) in [5.41, 5.74) is 0.725. The molecule has 2 aromatic carbocycles. The van der Waals surface area contributed by atoms with Crippen LogP contribution in [0.3, 0.4) is 0 Å². The second kappa shape index (κ2) is 5.41. The maximum absolute atomic E-state index is 13.0. The van der Waals surface area contributed by atoms with Gasteiger partial charge in [0, 0.05) is 5.56 Å². The van der Waals surface area contributed by atoms with Crippen LogP contribution in [0.4, 0.5) is 0 Å². The van der Waals surface area contributed by atoms with Gasteiger partial charge in [0.1, 0.15) is 16.9 Å². The van der Waals surface area contributed by atoms with Crippen LogP contribution in [0.5, 0.6) is 11.5 Å². The van der Waals surface area contributed by atoms with Gasteiger partial charge in [-0.2, -0.15) is 0 Å². The monoisotopic (exact) mass is 310 g/mol. The van der Waals surface area contributed by atoms with Crippen molar-refractivity contribution in [2.24, 2.45) is 5.41 Å². The van der Waals surface area contributed by atoms with E-state index in [1.807, 2.05) is 55.5 Å². The topological polar surface area (TPSA) is 35.5 Å². The highest BCUT2D eigenvalue weighted by Gasteiger charge is 2.57. The lowest BCUT2D eigenvalue weighted by Gasteiger charge is -2.39. The molecule has 1 atom stereocenters. The van der Waals surface area contributed by atoms with Gasteiger partial charge in [0.25, 0.3) is 0 Å². The van der Waals surface area contributed by atoms with Gasteiger partial charge in [-0.3, -0.25) is 4.79 Å². The summed E-state index contributed by atoms with van der Waals surface area (Å²) >= 11 is 0. The predicted molar refractivity (Wildman–Crippen MR) is 89.9 cm³/mol. The molecule has 1 heterocycles. The zero-order valence-electron chi connectivity index (χ0n) is 14.1. The summed E-state index contributed by atoms with van der Waals surface area (Å²) in [7, 11) is 0. The van der Waals surface area contributed by atoms with Crippen molar-refractivity contribution in [1.82, 2.24) is 0 Å². The average Bonchev–Trinajstić information content (AvgIpc) is 2.81. The predicted octanol–water partition coefficient (Wildman–Crippen LogP) is 4.34. The summed E-state index contributed by atoms with van der Waals surface area (Å²) in [6, 6.07) is 15.5. The molecule has 0 aliphatic carbocycles. The molecule has 0 saturated heterocycles. The average molecular weight is 310 g/mol. The van der Waals surface area contributed by atoms with Crippen LogP contribution in [0.1, 0.15) is 38.8 Å². The van der Waals surface area contributed by atoms with Crippen LogP contribution in [0, 0.1) is 5.41 Å². The minimum Gasteiger partial charge on any atom is -0.494 e. The van der Waals surface area contributed by atoms with Crippen molar-refractivity contribution in [2.75, 3.05) is 6.61 Å². The van der Waals surface area contributed by atoms with Crippen molar-refractivity contribution < 1.29 is 14.3 Å². The van der Waals surface area contributed by atoms with Crippen LogP contribution in [0.2, 0.25) is 0 Å². The van der Waals surface area contributed by atoms with E-state index in [0.717, 1.165) is 16.9 Å². The molecule has 1 aliphatic rings. The fourth-order valence-electron chi connectivity index (χ4n) is 3.54. The fourth-order valence-corrected chi connectivity index (χ4v) is 3.54. The molecule has 2 aromatic rings. The molecule has 120 valence electrons. The number of rotatable bonds is 3. The quantitative estimate of drug-likeness (QED) is 0.625. The molecule has 3 heteroatoms. The first kappa shape index (κ1) is 15.6. The number of esters is 1. The number of ether oxygens (including phenoxy) is 2. The highest BCUT2D eigenvalue weighted by molar-refractivity contribution is 5.95. The van der Waals surface area contributed by atoms with Crippen molar-refractivity contribution in [3.8, 4) is 11.5 Å². The van der Waals surface area contributed by atoms with Crippen LogP contribution in [-0.2, 0) is 10.2 Å². The minimum absolute atomic E-state index is 0.213. The lowest BCUT2D eigenvalue weighted by molar-refractivity contribution is -0.140. The Hall–Kier alpha value is -2.29. The third-order valence-electron chi connectivity index (χ3n) is 4.52. The van der Waals surface area contributed by atoms with Crippen LogP contribution in [-0.4, -0.2) is 12.6 Å². The Morgan fingerprint density at radius 3 is 2.30 bits per heavy atom. The lowest BCUT2D eigenvalue weighted by atomic mass is 9.60. The van der Waals surface area contributed by atoms with Crippen molar-refractivity contribution in [2.45, 2.75) is 33.1 Å². The van der Waals surface area contributed by atoms with Crippen LogP contribution in [0.25, 0.3) is 0 Å². The number of hydrogen-bond donors (Lipinski definition) is 0. The zero-order chi connectivity index (χ0) is 16.7. The molecule has 0 radical (unpaired) electrons. The van der Waals surface area contributed by atoms with Crippen LogP contribution < -0.4 is 9.47 Å². The fraction of sp³-hybridized carbons (Fsp3) is 0.350. The van der Waals surface area contributed by atoms with Gasteiger partial charge in [-0.1, -0.05) is 51.1 Å². The van der Waals surface area contributed by atoms with Crippen LogP contribution in [0.15, 0.2) is 48.5 Å². The van der Waals surface area contributed by atoms with E-state index >= 15 is 0 Å². The van der Waals surface area contributed by atoms with Gasteiger partial charge in [-0.25, -0.2) is 0 Å². The second-order valence-corrected chi connectivity index (χ2v) is 6.84. The number of carbonyl (C=O) groups excluding carboxylic acids is 1. The minimum atomic E-state index is -0.811. The first-order valence-electron chi connectivity index (χ1n) is 7.96. The number of fused-ring (bicyclic) bond motifs is 1. The van der Waals surface area contributed by atoms with E-state index in [4.69, 9.17) is 9.47 Å². The lowest BCUT2D eigenvalue weighted by Crippen LogP contribution is -2.46. The molecule has 1 aliphatic heterocycles. The first-order chi connectivity index (χ1) is 10.9. The SMILES string of the molecule is CCOc1ccc(C2(C(C)(C)C)C(=O)Oc3ccccc32)cc1. The summed E-state index contributed by atoms with van der Waals surface area (Å²) in [4.78, 5) is 13.0. The van der Waals surface area contributed by atoms with E-state index in [1.54, 1.807) is 0 Å². The number of hydrogen-bond acceptors (Lipinski definition) is 3. The highest BCUT2D eigenvalue weighted by Crippen LogP contribution is 2.54. The van der Waals surface area contributed by atoms with Gasteiger partial charge in [-0.05, 0) is 36.1 Å². The van der Waals surface area contributed by atoms with E-state index in [-0.39, 0.29) is 11.4 Å². The number of para-hydroxylation sites is 1. The molecule has 0 fully saturated rings. The van der Waals surface area contributed by atoms with Gasteiger partial charge in [0.05, 0.1) is 6.61 Å². The standard InChI is InChI=1S/C20H22O3/c1-5-22-15-12-10-14(11-13-15)20(19(2,3)4)16-8-6-7-9-17(16)23-18(20)21/h6-13H,5H2,1-4H3. The van der Waals surface area contributed by atoms with Gasteiger partial charge in [-0.15, -0.1) is 0 Å². The maximum atomic E-state index is 13.0. The van der Waals surface area contributed by atoms with E-state index < -0.39 is 5.41 Å². The zero-order valence-corrected chi connectivity index (χ0v) is 14.1. The Morgan fingerprint density at radius 1 is 1.04 bits per heavy atom. The largest absolute Gasteiger partial charge is 0.494 e. The van der Waals surface area contributed by atoms with Gasteiger partial charge in [0.2, 0.25) is 0 Å². The Balaban J connectivity index is 2.22. The summed E-state index contributed by atoms with van der Waals surface area (Å²) in [5.74, 6) is 1.25. The summed E-state index contributed by atoms with van der Waals surface area (Å²) in [6.45, 7) is 8.80. The molecule has 0 spiro atoms. The Kier molecular flexibility index (Phi) is 3.67. The van der Waals surface area contributed by atoms with Gasteiger partial charge < -0.3 is 9.47 Å². The second-order valence-electron chi connectivity index (χ2n) is 6.84. The van der Waals surface area contributed by atoms with Gasteiger partial charge >= 0.3 is 5.97 Å². The molecule has 0 N–H and O–H groups in total. The van der Waals surface area contributed by atoms with E-state index in [9.17, 15) is 4.79 Å². The molecule has 3 rings (SSSR count). The molecular formula is C20H22O3.